The molecule has 0 bridgehead atoms. The van der Waals surface area contributed by atoms with Crippen molar-refractivity contribution in [2.24, 2.45) is 7.05 Å². The van der Waals surface area contributed by atoms with E-state index in [-0.39, 0.29) is 25.3 Å². The summed E-state index contributed by atoms with van der Waals surface area (Å²) in [6.07, 6.45) is 0.677. The maximum absolute atomic E-state index is 13.2. The summed E-state index contributed by atoms with van der Waals surface area (Å²) in [5.41, 5.74) is 1.76. The highest BCUT2D eigenvalue weighted by Crippen LogP contribution is 2.40. The second-order valence-corrected chi connectivity index (χ2v) is 10.8. The Morgan fingerprint density at radius 1 is 1.09 bits per heavy atom. The third-order valence-electron chi connectivity index (χ3n) is 6.19. The normalized spacial score (nSPS) is 15.9. The number of halogens is 2. The summed E-state index contributed by atoms with van der Waals surface area (Å²) < 4.78 is 29.8. The summed E-state index contributed by atoms with van der Waals surface area (Å²) in [6.45, 7) is 1.52. The number of benzene rings is 2. The standard InChI is InChI=1S/C23H23Cl2N3O4S/c1-15(29)26-33(31,32)28-13-23(14-28,16-6-4-3-5-7-16)11-10-21(30)20-12-17-19(27(20)2)9-8-18(24)22(17)25/h3-9,12H,10-11,13-14H2,1-2H3,(H,26,29). The van der Waals surface area contributed by atoms with Crippen molar-refractivity contribution in [3.05, 3.63) is 69.8 Å². The molecule has 1 aliphatic rings. The quantitative estimate of drug-likeness (QED) is 0.487. The van der Waals surface area contributed by atoms with Crippen molar-refractivity contribution < 1.29 is 18.0 Å². The van der Waals surface area contributed by atoms with Gasteiger partial charge in [0.25, 0.3) is 0 Å². The van der Waals surface area contributed by atoms with Gasteiger partial charge < -0.3 is 4.57 Å². The average Bonchev–Trinajstić information content (AvgIpc) is 3.06. The van der Waals surface area contributed by atoms with E-state index >= 15 is 0 Å². The Labute approximate surface area is 202 Å². The van der Waals surface area contributed by atoms with Crippen LogP contribution in [0.25, 0.3) is 10.9 Å². The number of hydrogen-bond acceptors (Lipinski definition) is 4. The molecule has 1 aromatic heterocycles. The Hall–Kier alpha value is -2.39. The molecule has 7 nitrogen and oxygen atoms in total. The maximum Gasteiger partial charge on any atom is 0.303 e. The van der Waals surface area contributed by atoms with Crippen LogP contribution in [0.5, 0.6) is 0 Å². The number of hydrogen-bond donors (Lipinski definition) is 1. The van der Waals surface area contributed by atoms with Gasteiger partial charge in [-0.1, -0.05) is 53.5 Å². The summed E-state index contributed by atoms with van der Waals surface area (Å²) >= 11 is 12.4. The second kappa shape index (κ2) is 8.76. The monoisotopic (exact) mass is 507 g/mol. The smallest absolute Gasteiger partial charge is 0.303 e. The number of aryl methyl sites for hydroxylation is 1. The third-order valence-corrected chi connectivity index (χ3v) is 8.49. The van der Waals surface area contributed by atoms with Crippen LogP contribution in [0, 0.1) is 0 Å². The summed E-state index contributed by atoms with van der Waals surface area (Å²) in [4.78, 5) is 24.5. The first-order valence-electron chi connectivity index (χ1n) is 10.3. The van der Waals surface area contributed by atoms with Crippen molar-refractivity contribution in [1.29, 1.82) is 0 Å². The van der Waals surface area contributed by atoms with E-state index in [1.807, 2.05) is 41.1 Å². The Kier molecular flexibility index (Phi) is 6.30. The van der Waals surface area contributed by atoms with Crippen molar-refractivity contribution in [3.63, 3.8) is 0 Å². The van der Waals surface area contributed by atoms with E-state index < -0.39 is 21.5 Å². The fourth-order valence-corrected chi connectivity index (χ4v) is 6.13. The molecule has 1 N–H and O–H groups in total. The Balaban J connectivity index is 1.57. The highest BCUT2D eigenvalue weighted by molar-refractivity contribution is 7.87. The highest BCUT2D eigenvalue weighted by atomic mass is 35.5. The molecule has 0 radical (unpaired) electrons. The molecule has 0 saturated carbocycles. The van der Waals surface area contributed by atoms with Crippen molar-refractivity contribution in [1.82, 2.24) is 13.6 Å². The van der Waals surface area contributed by atoms with Crippen molar-refractivity contribution >= 4 is 56.0 Å². The van der Waals surface area contributed by atoms with Gasteiger partial charge >= 0.3 is 10.2 Å². The second-order valence-electron chi connectivity index (χ2n) is 8.38. The lowest BCUT2D eigenvalue weighted by atomic mass is 9.71. The summed E-state index contributed by atoms with van der Waals surface area (Å²) in [5.74, 6) is -0.712. The number of carbonyl (C=O) groups is 2. The Morgan fingerprint density at radius 3 is 2.39 bits per heavy atom. The lowest BCUT2D eigenvalue weighted by Crippen LogP contribution is -2.63. The van der Waals surface area contributed by atoms with E-state index in [2.05, 4.69) is 0 Å². The number of fused-ring (bicyclic) bond motifs is 1. The van der Waals surface area contributed by atoms with Crippen LogP contribution in [0.1, 0.15) is 35.8 Å². The predicted octanol–water partition coefficient (Wildman–Crippen LogP) is 4.08. The number of Topliss-reactive ketones (excluding diaryl/α,β-unsaturated/α-hetero) is 1. The minimum Gasteiger partial charge on any atom is -0.341 e. The largest absolute Gasteiger partial charge is 0.341 e. The molecular formula is C23H23Cl2N3O4S. The van der Waals surface area contributed by atoms with Gasteiger partial charge in [0, 0.05) is 49.8 Å². The van der Waals surface area contributed by atoms with Crippen LogP contribution in [0.15, 0.2) is 48.5 Å². The molecule has 4 rings (SSSR count). The van der Waals surface area contributed by atoms with Crippen LogP contribution < -0.4 is 4.72 Å². The molecule has 1 aliphatic heterocycles. The molecule has 0 atom stereocenters. The zero-order valence-electron chi connectivity index (χ0n) is 18.1. The van der Waals surface area contributed by atoms with Crippen LogP contribution in [-0.4, -0.2) is 42.1 Å². The molecule has 1 amide bonds. The van der Waals surface area contributed by atoms with Gasteiger partial charge in [0.05, 0.1) is 15.7 Å². The molecule has 1 saturated heterocycles. The van der Waals surface area contributed by atoms with Crippen molar-refractivity contribution in [2.45, 2.75) is 25.2 Å². The number of aromatic nitrogens is 1. The average molecular weight is 508 g/mol. The fourth-order valence-electron chi connectivity index (χ4n) is 4.42. The zero-order chi connectivity index (χ0) is 24.0. The third kappa shape index (κ3) is 4.40. The molecule has 10 heteroatoms. The first kappa shape index (κ1) is 23.8. The minimum atomic E-state index is -3.91. The molecule has 33 heavy (non-hydrogen) atoms. The lowest BCUT2D eigenvalue weighted by Gasteiger charge is -2.49. The molecule has 0 aliphatic carbocycles. The van der Waals surface area contributed by atoms with E-state index in [0.717, 1.165) is 18.0 Å². The lowest BCUT2D eigenvalue weighted by molar-refractivity contribution is -0.117. The minimum absolute atomic E-state index is 0.0700. The van der Waals surface area contributed by atoms with E-state index in [1.165, 1.54) is 4.31 Å². The Bertz CT molecular complexity index is 1350. The van der Waals surface area contributed by atoms with Crippen LogP contribution >= 0.6 is 23.2 Å². The van der Waals surface area contributed by atoms with Crippen LogP contribution in [-0.2, 0) is 27.5 Å². The van der Waals surface area contributed by atoms with Gasteiger partial charge in [0.1, 0.15) is 0 Å². The fraction of sp³-hybridized carbons (Fsp3) is 0.304. The van der Waals surface area contributed by atoms with Gasteiger partial charge in [0.15, 0.2) is 5.78 Å². The van der Waals surface area contributed by atoms with Gasteiger partial charge in [0.2, 0.25) is 5.91 Å². The van der Waals surface area contributed by atoms with Gasteiger partial charge in [-0.15, -0.1) is 0 Å². The highest BCUT2D eigenvalue weighted by Gasteiger charge is 2.49. The maximum atomic E-state index is 13.2. The van der Waals surface area contributed by atoms with E-state index in [1.54, 1.807) is 23.7 Å². The topological polar surface area (TPSA) is 88.5 Å². The van der Waals surface area contributed by atoms with Crippen molar-refractivity contribution in [3.8, 4) is 0 Å². The number of rotatable bonds is 7. The van der Waals surface area contributed by atoms with Crippen LogP contribution in [0.3, 0.4) is 0 Å². The molecular weight excluding hydrogens is 485 g/mol. The number of carbonyl (C=O) groups excluding carboxylic acids is 2. The molecule has 174 valence electrons. The molecule has 3 aromatic rings. The first-order chi connectivity index (χ1) is 15.5. The van der Waals surface area contributed by atoms with Gasteiger partial charge in [-0.2, -0.15) is 12.7 Å². The summed E-state index contributed by atoms with van der Waals surface area (Å²) in [5, 5.41) is 1.54. The summed E-state index contributed by atoms with van der Waals surface area (Å²) in [6, 6.07) is 14.8. The molecule has 2 aromatic carbocycles. The number of ketones is 1. The zero-order valence-corrected chi connectivity index (χ0v) is 20.5. The van der Waals surface area contributed by atoms with E-state index in [4.69, 9.17) is 23.2 Å². The molecule has 1 fully saturated rings. The SMILES string of the molecule is CC(=O)NS(=O)(=O)N1CC(CCC(=O)c2cc3c(Cl)c(Cl)ccc3n2C)(c2ccccc2)C1. The number of nitrogens with one attached hydrogen (secondary N) is 1. The van der Waals surface area contributed by atoms with Crippen LogP contribution in [0.2, 0.25) is 10.0 Å². The van der Waals surface area contributed by atoms with Gasteiger partial charge in [-0.25, -0.2) is 4.72 Å². The molecule has 0 unspecified atom stereocenters. The van der Waals surface area contributed by atoms with E-state index in [9.17, 15) is 18.0 Å². The molecule has 2 heterocycles. The Morgan fingerprint density at radius 2 is 1.76 bits per heavy atom. The number of nitrogens with zero attached hydrogens (tertiary/aromatic N) is 2. The van der Waals surface area contributed by atoms with Crippen molar-refractivity contribution in [2.75, 3.05) is 13.1 Å². The predicted molar refractivity (Wildman–Crippen MR) is 129 cm³/mol. The van der Waals surface area contributed by atoms with Crippen LogP contribution in [0.4, 0.5) is 0 Å². The van der Waals surface area contributed by atoms with E-state index in [0.29, 0.717) is 27.5 Å². The first-order valence-corrected chi connectivity index (χ1v) is 12.5. The van der Waals surface area contributed by atoms with Gasteiger partial charge in [-0.3, -0.25) is 9.59 Å². The van der Waals surface area contributed by atoms with Gasteiger partial charge in [-0.05, 0) is 30.2 Å². The number of amides is 1. The molecule has 0 spiro atoms. The summed E-state index contributed by atoms with van der Waals surface area (Å²) in [7, 11) is -2.10.